The minimum atomic E-state index is -0.0416. The molecule has 0 aliphatic heterocycles. The third-order valence-corrected chi connectivity index (χ3v) is 6.71. The predicted molar refractivity (Wildman–Crippen MR) is 169 cm³/mol. The highest BCUT2D eigenvalue weighted by Gasteiger charge is 2.25. The van der Waals surface area contributed by atoms with Gasteiger partial charge < -0.3 is 0 Å². The summed E-state index contributed by atoms with van der Waals surface area (Å²) in [7, 11) is 0. The van der Waals surface area contributed by atoms with Crippen LogP contribution >= 0.6 is 0 Å². The van der Waals surface area contributed by atoms with Crippen LogP contribution in [0.25, 0.3) is 17.0 Å². The first-order chi connectivity index (χ1) is 18.5. The van der Waals surface area contributed by atoms with Crippen LogP contribution in [0.2, 0.25) is 0 Å². The lowest BCUT2D eigenvalue weighted by Gasteiger charge is -2.30. The summed E-state index contributed by atoms with van der Waals surface area (Å²) in [6, 6.07) is 33.2. The molecular weight excluding hydrogens is 474 g/mol. The van der Waals surface area contributed by atoms with Crippen LogP contribution in [0.1, 0.15) is 58.2 Å². The van der Waals surface area contributed by atoms with Crippen molar-refractivity contribution in [2.75, 3.05) is 4.90 Å². The second kappa shape index (κ2) is 11.2. The van der Waals surface area contributed by atoms with Crippen molar-refractivity contribution in [1.29, 1.82) is 0 Å². The van der Waals surface area contributed by atoms with Crippen LogP contribution in [0, 0.1) is 0 Å². The topological polar surface area (TPSA) is 28.5 Å². The molecule has 1 heterocycles. The quantitative estimate of drug-likeness (QED) is 0.190. The van der Waals surface area contributed by atoms with E-state index >= 15 is 0 Å². The SMILES string of the molecule is C=CC(=NC(=C)c1ccccc1)N(c1cc(C(C)(C)C)cc(C(C)(C)C)c1)c1cccc(-c2ccccc2)n1. The van der Waals surface area contributed by atoms with E-state index in [0.29, 0.717) is 11.5 Å². The number of rotatable bonds is 6. The second-order valence-electron chi connectivity index (χ2n) is 11.8. The lowest BCUT2D eigenvalue weighted by Crippen LogP contribution is -2.27. The van der Waals surface area contributed by atoms with Gasteiger partial charge in [-0.25, -0.2) is 9.98 Å². The summed E-state index contributed by atoms with van der Waals surface area (Å²) in [5, 5.41) is 0. The third kappa shape index (κ3) is 6.61. The Morgan fingerprint density at radius 2 is 1.31 bits per heavy atom. The molecule has 3 nitrogen and oxygen atoms in total. The number of hydrogen-bond donors (Lipinski definition) is 0. The van der Waals surface area contributed by atoms with Gasteiger partial charge in [-0.3, -0.25) is 4.90 Å². The Balaban J connectivity index is 1.97. The Bertz CT molecular complexity index is 1450. The van der Waals surface area contributed by atoms with Crippen LogP contribution in [0.5, 0.6) is 0 Å². The predicted octanol–water partition coefficient (Wildman–Crippen LogP) is 9.74. The number of aromatic nitrogens is 1. The monoisotopic (exact) mass is 513 g/mol. The molecule has 0 unspecified atom stereocenters. The van der Waals surface area contributed by atoms with Gasteiger partial charge in [-0.05, 0) is 57.9 Å². The maximum atomic E-state index is 5.12. The molecule has 1 aromatic heterocycles. The fourth-order valence-electron chi connectivity index (χ4n) is 4.33. The van der Waals surface area contributed by atoms with Gasteiger partial charge in [0.25, 0.3) is 0 Å². The van der Waals surface area contributed by atoms with Gasteiger partial charge in [0.05, 0.1) is 11.4 Å². The van der Waals surface area contributed by atoms with E-state index < -0.39 is 0 Å². The average Bonchev–Trinajstić information content (AvgIpc) is 2.92. The van der Waals surface area contributed by atoms with Crippen molar-refractivity contribution < 1.29 is 0 Å². The molecule has 0 aliphatic rings. The standard InChI is InChI=1S/C36H39N3/c1-9-33(37-26(2)27-17-12-10-13-18-27)39(34-22-16-21-32(38-34)28-19-14-11-15-20-28)31-24-29(35(3,4)5)23-30(25-31)36(6,7)8/h9-25H,1-2H2,3-8H3. The van der Waals surface area contributed by atoms with Gasteiger partial charge in [-0.1, -0.05) is 127 Å². The minimum Gasteiger partial charge on any atom is -0.279 e. The molecule has 0 spiro atoms. The van der Waals surface area contributed by atoms with Crippen LogP contribution in [0.4, 0.5) is 11.5 Å². The van der Waals surface area contributed by atoms with E-state index in [1.165, 1.54) is 11.1 Å². The number of amidine groups is 1. The maximum absolute atomic E-state index is 5.12. The fourth-order valence-corrected chi connectivity index (χ4v) is 4.33. The van der Waals surface area contributed by atoms with Crippen LogP contribution in [-0.4, -0.2) is 10.8 Å². The Morgan fingerprint density at radius 1 is 0.744 bits per heavy atom. The molecule has 198 valence electrons. The third-order valence-electron chi connectivity index (χ3n) is 6.71. The summed E-state index contributed by atoms with van der Waals surface area (Å²) in [5.74, 6) is 1.43. The highest BCUT2D eigenvalue weighted by atomic mass is 15.2. The van der Waals surface area contributed by atoms with Crippen molar-refractivity contribution in [2.45, 2.75) is 52.4 Å². The van der Waals surface area contributed by atoms with E-state index in [1.807, 2.05) is 66.7 Å². The van der Waals surface area contributed by atoms with Crippen LogP contribution < -0.4 is 4.90 Å². The van der Waals surface area contributed by atoms with Gasteiger partial charge in [0.1, 0.15) is 11.7 Å². The van der Waals surface area contributed by atoms with Crippen molar-refractivity contribution in [3.05, 3.63) is 133 Å². The lowest BCUT2D eigenvalue weighted by atomic mass is 9.80. The number of benzene rings is 3. The minimum absolute atomic E-state index is 0.0416. The van der Waals surface area contributed by atoms with E-state index in [9.17, 15) is 0 Å². The van der Waals surface area contributed by atoms with Crippen molar-refractivity contribution in [2.24, 2.45) is 4.99 Å². The highest BCUT2D eigenvalue weighted by Crippen LogP contribution is 2.36. The maximum Gasteiger partial charge on any atom is 0.139 e. The van der Waals surface area contributed by atoms with Crippen LogP contribution in [-0.2, 0) is 10.8 Å². The van der Waals surface area contributed by atoms with Crippen molar-refractivity contribution in [3.63, 3.8) is 0 Å². The molecule has 0 amide bonds. The Labute approximate surface area is 234 Å². The number of hydrogen-bond acceptors (Lipinski definition) is 2. The Morgan fingerprint density at radius 3 is 1.85 bits per heavy atom. The van der Waals surface area contributed by atoms with Gasteiger partial charge >= 0.3 is 0 Å². The zero-order chi connectivity index (χ0) is 28.2. The van der Waals surface area contributed by atoms with Crippen molar-refractivity contribution in [3.8, 4) is 11.3 Å². The molecule has 0 fully saturated rings. The molecule has 0 radical (unpaired) electrons. The van der Waals surface area contributed by atoms with Gasteiger partial charge in [0.15, 0.2) is 0 Å². The summed E-state index contributed by atoms with van der Waals surface area (Å²) in [4.78, 5) is 12.2. The highest BCUT2D eigenvalue weighted by molar-refractivity contribution is 6.12. The Hall–Kier alpha value is -4.24. The molecule has 0 bridgehead atoms. The molecule has 0 saturated heterocycles. The van der Waals surface area contributed by atoms with E-state index in [1.54, 1.807) is 6.08 Å². The zero-order valence-corrected chi connectivity index (χ0v) is 24.1. The smallest absolute Gasteiger partial charge is 0.139 e. The zero-order valence-electron chi connectivity index (χ0n) is 24.1. The molecular formula is C36H39N3. The van der Waals surface area contributed by atoms with E-state index in [2.05, 4.69) is 89.9 Å². The fraction of sp³-hybridized carbons (Fsp3) is 0.222. The molecule has 0 saturated carbocycles. The number of nitrogens with zero attached hydrogens (tertiary/aromatic N) is 3. The number of anilines is 2. The summed E-state index contributed by atoms with van der Waals surface area (Å²) >= 11 is 0. The van der Waals surface area contributed by atoms with Gasteiger partial charge in [-0.2, -0.15) is 0 Å². The largest absolute Gasteiger partial charge is 0.279 e. The molecule has 4 rings (SSSR count). The Kier molecular flexibility index (Phi) is 8.01. The normalized spacial score (nSPS) is 12.2. The van der Waals surface area contributed by atoms with Crippen molar-refractivity contribution in [1.82, 2.24) is 4.98 Å². The number of aliphatic imine (C=N–C) groups is 1. The molecule has 4 aromatic rings. The molecule has 39 heavy (non-hydrogen) atoms. The molecule has 0 atom stereocenters. The molecule has 3 aromatic carbocycles. The first-order valence-electron chi connectivity index (χ1n) is 13.4. The van der Waals surface area contributed by atoms with Crippen LogP contribution in [0.3, 0.4) is 0 Å². The summed E-state index contributed by atoms with van der Waals surface area (Å²) in [6.45, 7) is 21.9. The number of pyridine rings is 1. The summed E-state index contributed by atoms with van der Waals surface area (Å²) < 4.78 is 0. The summed E-state index contributed by atoms with van der Waals surface area (Å²) in [5.41, 5.74) is 6.98. The molecule has 3 heteroatoms. The van der Waals surface area contributed by atoms with Gasteiger partial charge in [-0.15, -0.1) is 0 Å². The summed E-state index contributed by atoms with van der Waals surface area (Å²) in [6.07, 6.45) is 1.78. The molecule has 0 N–H and O–H groups in total. The average molecular weight is 514 g/mol. The van der Waals surface area contributed by atoms with Crippen molar-refractivity contribution >= 4 is 23.0 Å². The lowest BCUT2D eigenvalue weighted by molar-refractivity contribution is 0.569. The van der Waals surface area contributed by atoms with Gasteiger partial charge in [0.2, 0.25) is 0 Å². The van der Waals surface area contributed by atoms with E-state index in [-0.39, 0.29) is 10.8 Å². The second-order valence-corrected chi connectivity index (χ2v) is 11.8. The first kappa shape index (κ1) is 27.8. The van der Waals surface area contributed by atoms with E-state index in [4.69, 9.17) is 9.98 Å². The van der Waals surface area contributed by atoms with Gasteiger partial charge in [0, 0.05) is 11.3 Å². The van der Waals surface area contributed by atoms with Crippen LogP contribution in [0.15, 0.2) is 121 Å². The first-order valence-corrected chi connectivity index (χ1v) is 13.4. The molecule has 0 aliphatic carbocycles. The van der Waals surface area contributed by atoms with E-state index in [0.717, 1.165) is 28.3 Å².